The molecular weight excluding hydrogens is 519 g/mol. The summed E-state index contributed by atoms with van der Waals surface area (Å²) in [5.74, 6) is -2.74. The highest BCUT2D eigenvalue weighted by atomic mass is 19.4. The van der Waals surface area contributed by atoms with Crippen LogP contribution < -0.4 is 0 Å². The van der Waals surface area contributed by atoms with E-state index in [2.05, 4.69) is 4.98 Å². The lowest BCUT2D eigenvalue weighted by Gasteiger charge is -2.34. The molecule has 3 aliphatic rings. The van der Waals surface area contributed by atoms with E-state index in [-0.39, 0.29) is 24.7 Å². The van der Waals surface area contributed by atoms with E-state index in [1.807, 2.05) is 0 Å². The van der Waals surface area contributed by atoms with Gasteiger partial charge in [-0.1, -0.05) is 27.7 Å². The summed E-state index contributed by atoms with van der Waals surface area (Å²) in [6.45, 7) is 9.56. The first-order valence-corrected chi connectivity index (χ1v) is 13.4. The average Bonchev–Trinajstić information content (AvgIpc) is 3.72. The minimum absolute atomic E-state index is 0.189. The third kappa shape index (κ3) is 5.81. The van der Waals surface area contributed by atoms with Crippen LogP contribution in [-0.4, -0.2) is 63.1 Å². The van der Waals surface area contributed by atoms with E-state index >= 15 is 0 Å². The number of aliphatic hydroxyl groups is 2. The lowest BCUT2D eigenvalue weighted by atomic mass is 9.72. The molecule has 39 heavy (non-hydrogen) atoms. The standard InChI is InChI=1S/C28H38F3NO7/c1-13(7-18-12-37-16(4)32-18)20-9-22-27(39-22,28(29,30)31)11-17-8-19(17)14(2)24(35)15(3)25(36)26(5,6)21(33)10-23(34)38-20/h7,12,14-15,17,19-22,24,33,35H,8-11H2,1-6H3/t14-,15+,17?,19?,20-,21-,22?,24-,27?/m0/s1. The fraction of sp³-hybridized carbons (Fsp3) is 0.750. The lowest BCUT2D eigenvalue weighted by molar-refractivity contribution is -0.187. The molecule has 4 rings (SSSR count). The molecule has 9 atom stereocenters. The number of ether oxygens (including phenoxy) is 2. The Labute approximate surface area is 225 Å². The molecule has 0 spiro atoms. The Morgan fingerprint density at radius 1 is 1.18 bits per heavy atom. The Hall–Kier alpha value is -2.24. The molecule has 1 aromatic heterocycles. The number of fused-ring (bicyclic) bond motifs is 2. The second-order valence-corrected chi connectivity index (χ2v) is 12.2. The monoisotopic (exact) mass is 557 g/mol. The van der Waals surface area contributed by atoms with E-state index in [1.54, 1.807) is 33.8 Å². The Kier molecular flexibility index (Phi) is 7.86. The zero-order valence-corrected chi connectivity index (χ0v) is 23.1. The number of cyclic esters (lactones) is 1. The maximum atomic E-state index is 14.3. The van der Waals surface area contributed by atoms with Gasteiger partial charge in [0, 0.05) is 19.3 Å². The predicted molar refractivity (Wildman–Crippen MR) is 133 cm³/mol. The number of hydrogen-bond donors (Lipinski definition) is 2. The fourth-order valence-electron chi connectivity index (χ4n) is 6.07. The van der Waals surface area contributed by atoms with Crippen molar-refractivity contribution in [3.63, 3.8) is 0 Å². The van der Waals surface area contributed by atoms with Gasteiger partial charge in [-0.2, -0.15) is 13.2 Å². The first kappa shape index (κ1) is 29.7. The van der Waals surface area contributed by atoms with E-state index in [9.17, 15) is 33.0 Å². The minimum atomic E-state index is -4.64. The highest BCUT2D eigenvalue weighted by molar-refractivity contribution is 5.88. The van der Waals surface area contributed by atoms with Crippen LogP contribution in [0, 0.1) is 36.0 Å². The molecule has 1 saturated carbocycles. The molecule has 0 aromatic carbocycles. The van der Waals surface area contributed by atoms with Crippen LogP contribution in [0.15, 0.2) is 16.3 Å². The van der Waals surface area contributed by atoms with E-state index in [0.717, 1.165) is 0 Å². The molecule has 2 aliphatic heterocycles. The molecule has 1 aliphatic carbocycles. The molecule has 4 unspecified atom stereocenters. The largest absolute Gasteiger partial charge is 0.458 e. The molecule has 8 nitrogen and oxygen atoms in total. The van der Waals surface area contributed by atoms with Gasteiger partial charge in [0.1, 0.15) is 29.9 Å². The first-order chi connectivity index (χ1) is 18.0. The number of nitrogens with zero attached hydrogens (tertiary/aromatic N) is 1. The van der Waals surface area contributed by atoms with Gasteiger partial charge in [-0.05, 0) is 49.2 Å². The van der Waals surface area contributed by atoms with Crippen LogP contribution in [0.4, 0.5) is 13.2 Å². The molecule has 218 valence electrons. The van der Waals surface area contributed by atoms with Gasteiger partial charge in [0.15, 0.2) is 11.5 Å². The van der Waals surface area contributed by atoms with Crippen LogP contribution in [-0.2, 0) is 19.1 Å². The van der Waals surface area contributed by atoms with Gasteiger partial charge in [-0.25, -0.2) is 4.98 Å². The van der Waals surface area contributed by atoms with Crippen LogP contribution in [0.1, 0.15) is 71.9 Å². The second kappa shape index (κ2) is 10.3. The summed E-state index contributed by atoms with van der Waals surface area (Å²) < 4.78 is 59.2. The number of hydrogen-bond acceptors (Lipinski definition) is 8. The molecule has 2 N–H and O–H groups in total. The van der Waals surface area contributed by atoms with Gasteiger partial charge < -0.3 is 24.1 Å². The molecule has 11 heteroatoms. The number of oxazole rings is 1. The zero-order valence-electron chi connectivity index (χ0n) is 23.1. The Morgan fingerprint density at radius 2 is 1.85 bits per heavy atom. The number of rotatable bonds is 2. The minimum Gasteiger partial charge on any atom is -0.458 e. The van der Waals surface area contributed by atoms with Gasteiger partial charge >= 0.3 is 12.1 Å². The summed E-state index contributed by atoms with van der Waals surface area (Å²) >= 11 is 0. The number of aliphatic hydroxyl groups excluding tert-OH is 2. The maximum Gasteiger partial charge on any atom is 0.420 e. The smallest absolute Gasteiger partial charge is 0.420 e. The molecule has 0 radical (unpaired) electrons. The summed E-state index contributed by atoms with van der Waals surface area (Å²) in [5, 5.41) is 21.8. The van der Waals surface area contributed by atoms with Gasteiger partial charge in [-0.15, -0.1) is 0 Å². The number of aromatic nitrogens is 1. The van der Waals surface area contributed by atoms with Gasteiger partial charge in [-0.3, -0.25) is 9.59 Å². The number of carbonyl (C=O) groups is 2. The van der Waals surface area contributed by atoms with Crippen LogP contribution in [0.25, 0.3) is 6.08 Å². The molecular formula is C28H38F3NO7. The van der Waals surface area contributed by atoms with Crippen molar-refractivity contribution in [3.8, 4) is 0 Å². The molecule has 0 bridgehead atoms. The Bertz CT molecular complexity index is 1130. The van der Waals surface area contributed by atoms with Crippen molar-refractivity contribution >= 4 is 17.8 Å². The van der Waals surface area contributed by atoms with Crippen LogP contribution in [0.5, 0.6) is 0 Å². The highest BCUT2D eigenvalue weighted by Gasteiger charge is 2.74. The quantitative estimate of drug-likeness (QED) is 0.405. The predicted octanol–water partition coefficient (Wildman–Crippen LogP) is 4.41. The van der Waals surface area contributed by atoms with E-state index in [4.69, 9.17) is 13.9 Å². The molecule has 2 saturated heterocycles. The van der Waals surface area contributed by atoms with Crippen molar-refractivity contribution in [2.24, 2.45) is 29.1 Å². The zero-order chi connectivity index (χ0) is 29.1. The summed E-state index contributed by atoms with van der Waals surface area (Å²) in [7, 11) is 0. The van der Waals surface area contributed by atoms with Crippen LogP contribution >= 0.6 is 0 Å². The topological polar surface area (TPSA) is 122 Å². The third-order valence-corrected chi connectivity index (χ3v) is 9.03. The van der Waals surface area contributed by atoms with Crippen molar-refractivity contribution in [2.45, 2.75) is 103 Å². The third-order valence-electron chi connectivity index (χ3n) is 9.03. The maximum absolute atomic E-state index is 14.3. The van der Waals surface area contributed by atoms with E-state index < -0.39 is 71.6 Å². The molecule has 3 fully saturated rings. The molecule has 0 amide bonds. The Balaban J connectivity index is 1.67. The van der Waals surface area contributed by atoms with Gasteiger partial charge in [0.05, 0.1) is 24.0 Å². The van der Waals surface area contributed by atoms with Crippen LogP contribution in [0.2, 0.25) is 0 Å². The number of aryl methyl sites for hydroxylation is 1. The van der Waals surface area contributed by atoms with Crippen LogP contribution in [0.3, 0.4) is 0 Å². The van der Waals surface area contributed by atoms with Crippen molar-refractivity contribution in [2.75, 3.05) is 0 Å². The SMILES string of the molecule is CC(=Cc1coc(C)n1)[C@@H]1CC2OC2(C(F)(F)F)CC2CC2[C@H](C)[C@H](O)[C@@H](C)C(=O)C(C)(C)[C@@H](O)CC(=O)O1. The number of Topliss-reactive ketones (excluding diaryl/α,β-unsaturated/α-hetero) is 1. The summed E-state index contributed by atoms with van der Waals surface area (Å²) in [4.78, 5) is 30.4. The fourth-order valence-corrected chi connectivity index (χ4v) is 6.07. The number of carbonyl (C=O) groups excluding carboxylic acids is 2. The number of ketones is 1. The number of epoxide rings is 1. The lowest BCUT2D eigenvalue weighted by Crippen LogP contribution is -2.46. The van der Waals surface area contributed by atoms with E-state index in [1.165, 1.54) is 20.1 Å². The first-order valence-electron chi connectivity index (χ1n) is 13.4. The Morgan fingerprint density at radius 3 is 2.44 bits per heavy atom. The normalized spacial score (nSPS) is 39.9. The highest BCUT2D eigenvalue weighted by Crippen LogP contribution is 2.61. The summed E-state index contributed by atoms with van der Waals surface area (Å²) in [5.41, 5.74) is -2.89. The van der Waals surface area contributed by atoms with E-state index in [0.29, 0.717) is 23.6 Å². The molecule has 3 heterocycles. The number of alkyl halides is 3. The van der Waals surface area contributed by atoms with Crippen molar-refractivity contribution in [1.82, 2.24) is 4.98 Å². The van der Waals surface area contributed by atoms with Gasteiger partial charge in [0.2, 0.25) is 0 Å². The average molecular weight is 558 g/mol. The van der Waals surface area contributed by atoms with Crippen molar-refractivity contribution in [1.29, 1.82) is 0 Å². The van der Waals surface area contributed by atoms with Gasteiger partial charge in [0.25, 0.3) is 0 Å². The second-order valence-electron chi connectivity index (χ2n) is 12.2. The summed E-state index contributed by atoms with van der Waals surface area (Å²) in [6.07, 6.45) is -7.11. The van der Waals surface area contributed by atoms with Crippen molar-refractivity contribution in [3.05, 3.63) is 23.4 Å². The number of halogens is 3. The van der Waals surface area contributed by atoms with Crippen molar-refractivity contribution < 1.29 is 46.9 Å². The number of esters is 1. The molecule has 1 aromatic rings. The summed E-state index contributed by atoms with van der Waals surface area (Å²) in [6, 6.07) is 0.